The Morgan fingerprint density at radius 1 is 0.944 bits per heavy atom. The standard InChI is InChI=1S/C13H21IN2O2/c1-10(17)11-2-6-15(7-3-11)13(18)12-4-8-16(14)9-5-12/h11-12H,2-9H2,1H3. The van der Waals surface area contributed by atoms with E-state index >= 15 is 0 Å². The maximum Gasteiger partial charge on any atom is 0.225 e. The first-order valence-electron chi connectivity index (χ1n) is 6.78. The van der Waals surface area contributed by atoms with E-state index in [0.29, 0.717) is 5.91 Å². The van der Waals surface area contributed by atoms with E-state index < -0.39 is 0 Å². The molecule has 4 nitrogen and oxygen atoms in total. The van der Waals surface area contributed by atoms with E-state index in [4.69, 9.17) is 0 Å². The predicted octanol–water partition coefficient (Wildman–Crippen LogP) is 1.88. The maximum atomic E-state index is 12.4. The van der Waals surface area contributed by atoms with Crippen LogP contribution in [0, 0.1) is 11.8 Å². The molecular weight excluding hydrogens is 343 g/mol. The van der Waals surface area contributed by atoms with Gasteiger partial charge in [0.2, 0.25) is 5.91 Å². The molecule has 0 aromatic carbocycles. The van der Waals surface area contributed by atoms with Crippen LogP contribution in [0.2, 0.25) is 0 Å². The third-order valence-electron chi connectivity index (χ3n) is 4.17. The fraction of sp³-hybridized carbons (Fsp3) is 0.846. The topological polar surface area (TPSA) is 40.6 Å². The summed E-state index contributed by atoms with van der Waals surface area (Å²) in [4.78, 5) is 25.6. The Morgan fingerprint density at radius 2 is 1.44 bits per heavy atom. The van der Waals surface area contributed by atoms with Crippen molar-refractivity contribution in [3.05, 3.63) is 0 Å². The minimum Gasteiger partial charge on any atom is -0.342 e. The molecule has 2 rings (SSSR count). The summed E-state index contributed by atoms with van der Waals surface area (Å²) in [6.45, 7) is 5.24. The number of halogens is 1. The van der Waals surface area contributed by atoms with Crippen LogP contribution in [0.3, 0.4) is 0 Å². The fourth-order valence-corrected chi connectivity index (χ4v) is 3.42. The minimum atomic E-state index is 0.185. The molecule has 2 fully saturated rings. The number of nitrogens with zero attached hydrogens (tertiary/aromatic N) is 2. The number of Topliss-reactive ketones (excluding diaryl/α,β-unsaturated/α-hetero) is 1. The van der Waals surface area contributed by atoms with Gasteiger partial charge in [-0.1, -0.05) is 0 Å². The Hall–Kier alpha value is -0.170. The monoisotopic (exact) mass is 364 g/mol. The number of carbonyl (C=O) groups is 2. The average Bonchev–Trinajstić information content (AvgIpc) is 2.39. The zero-order valence-electron chi connectivity index (χ0n) is 10.9. The van der Waals surface area contributed by atoms with Crippen LogP contribution in [0.15, 0.2) is 0 Å². The summed E-state index contributed by atoms with van der Waals surface area (Å²) < 4.78 is 2.25. The summed E-state index contributed by atoms with van der Waals surface area (Å²) in [5, 5.41) is 0. The molecule has 1 amide bonds. The van der Waals surface area contributed by atoms with Crippen molar-refractivity contribution < 1.29 is 9.59 Å². The van der Waals surface area contributed by atoms with E-state index in [2.05, 4.69) is 26.0 Å². The van der Waals surface area contributed by atoms with Crippen molar-refractivity contribution in [3.63, 3.8) is 0 Å². The number of rotatable bonds is 2. The third kappa shape index (κ3) is 3.44. The van der Waals surface area contributed by atoms with Crippen LogP contribution >= 0.6 is 22.9 Å². The van der Waals surface area contributed by atoms with Crippen LogP contribution < -0.4 is 0 Å². The van der Waals surface area contributed by atoms with Gasteiger partial charge in [0.25, 0.3) is 0 Å². The molecule has 0 N–H and O–H groups in total. The molecule has 0 atom stereocenters. The summed E-state index contributed by atoms with van der Waals surface area (Å²) in [5.74, 6) is 0.997. The zero-order chi connectivity index (χ0) is 13.1. The molecule has 102 valence electrons. The number of likely N-dealkylation sites (tertiary alicyclic amines) is 1. The maximum absolute atomic E-state index is 12.4. The second-order valence-corrected chi connectivity index (χ2v) is 6.76. The molecule has 2 heterocycles. The van der Waals surface area contributed by atoms with E-state index in [9.17, 15) is 9.59 Å². The van der Waals surface area contributed by atoms with Crippen molar-refractivity contribution in [1.29, 1.82) is 0 Å². The molecule has 0 spiro atoms. The van der Waals surface area contributed by atoms with Crippen molar-refractivity contribution in [1.82, 2.24) is 8.01 Å². The lowest BCUT2D eigenvalue weighted by Gasteiger charge is -2.35. The number of piperidine rings is 2. The lowest BCUT2D eigenvalue weighted by atomic mass is 9.91. The quantitative estimate of drug-likeness (QED) is 0.555. The van der Waals surface area contributed by atoms with Gasteiger partial charge in [-0.25, -0.2) is 3.11 Å². The van der Waals surface area contributed by atoms with Crippen LogP contribution in [0.4, 0.5) is 0 Å². The molecule has 0 aliphatic carbocycles. The van der Waals surface area contributed by atoms with E-state index in [0.717, 1.165) is 51.9 Å². The normalized spacial score (nSPS) is 24.2. The molecule has 0 unspecified atom stereocenters. The van der Waals surface area contributed by atoms with Gasteiger partial charge in [0.1, 0.15) is 5.78 Å². The number of ketones is 1. The number of carbonyl (C=O) groups excluding carboxylic acids is 2. The number of amides is 1. The minimum absolute atomic E-state index is 0.185. The summed E-state index contributed by atoms with van der Waals surface area (Å²) >= 11 is 2.33. The zero-order valence-corrected chi connectivity index (χ0v) is 13.1. The van der Waals surface area contributed by atoms with Crippen molar-refractivity contribution in [2.24, 2.45) is 11.8 Å². The van der Waals surface area contributed by atoms with Gasteiger partial charge in [0.15, 0.2) is 0 Å². The molecule has 2 saturated heterocycles. The van der Waals surface area contributed by atoms with Crippen LogP contribution in [0.5, 0.6) is 0 Å². The summed E-state index contributed by atoms with van der Waals surface area (Å²) in [6.07, 6.45) is 3.67. The predicted molar refractivity (Wildman–Crippen MR) is 78.3 cm³/mol. The highest BCUT2D eigenvalue weighted by atomic mass is 127. The molecule has 2 aliphatic heterocycles. The lowest BCUT2D eigenvalue weighted by molar-refractivity contribution is -0.139. The van der Waals surface area contributed by atoms with Crippen LogP contribution in [-0.4, -0.2) is 45.9 Å². The van der Waals surface area contributed by atoms with Crippen LogP contribution in [0.25, 0.3) is 0 Å². The molecule has 0 aromatic heterocycles. The first kappa shape index (κ1) is 14.2. The summed E-state index contributed by atoms with van der Waals surface area (Å²) in [6, 6.07) is 0. The van der Waals surface area contributed by atoms with E-state index in [-0.39, 0.29) is 17.6 Å². The average molecular weight is 364 g/mol. The number of hydrogen-bond acceptors (Lipinski definition) is 3. The highest BCUT2D eigenvalue weighted by Crippen LogP contribution is 2.25. The summed E-state index contributed by atoms with van der Waals surface area (Å²) in [5.41, 5.74) is 0. The highest BCUT2D eigenvalue weighted by molar-refractivity contribution is 14.1. The molecule has 0 bridgehead atoms. The second-order valence-electron chi connectivity index (χ2n) is 5.39. The summed E-state index contributed by atoms with van der Waals surface area (Å²) in [7, 11) is 0. The van der Waals surface area contributed by atoms with Crippen molar-refractivity contribution in [2.75, 3.05) is 26.2 Å². The SMILES string of the molecule is CC(=O)C1CCN(C(=O)C2CCN(I)CC2)CC1. The Morgan fingerprint density at radius 3 is 1.94 bits per heavy atom. The van der Waals surface area contributed by atoms with Gasteiger partial charge in [0.05, 0.1) is 0 Å². The van der Waals surface area contributed by atoms with Crippen LogP contribution in [0.1, 0.15) is 32.6 Å². The fourth-order valence-electron chi connectivity index (χ4n) is 2.86. The van der Waals surface area contributed by atoms with Gasteiger partial charge < -0.3 is 4.90 Å². The molecule has 0 saturated carbocycles. The molecule has 0 aromatic rings. The Bertz CT molecular complexity index is 319. The van der Waals surface area contributed by atoms with E-state index in [1.807, 2.05) is 4.90 Å². The highest BCUT2D eigenvalue weighted by Gasteiger charge is 2.31. The van der Waals surface area contributed by atoms with Gasteiger partial charge in [-0.3, -0.25) is 9.59 Å². The first-order valence-corrected chi connectivity index (χ1v) is 7.74. The first-order chi connectivity index (χ1) is 8.58. The Balaban J connectivity index is 1.82. The van der Waals surface area contributed by atoms with Crippen LogP contribution in [-0.2, 0) is 9.59 Å². The second kappa shape index (κ2) is 6.32. The van der Waals surface area contributed by atoms with Gasteiger partial charge >= 0.3 is 0 Å². The lowest BCUT2D eigenvalue weighted by Crippen LogP contribution is -2.45. The van der Waals surface area contributed by atoms with Gasteiger partial charge in [-0.15, -0.1) is 0 Å². The van der Waals surface area contributed by atoms with Crippen molar-refractivity contribution in [3.8, 4) is 0 Å². The smallest absolute Gasteiger partial charge is 0.225 e. The van der Waals surface area contributed by atoms with E-state index in [1.54, 1.807) is 6.92 Å². The largest absolute Gasteiger partial charge is 0.342 e. The number of hydrogen-bond donors (Lipinski definition) is 0. The molecule has 5 heteroatoms. The van der Waals surface area contributed by atoms with Gasteiger partial charge in [0, 0.05) is 60.9 Å². The van der Waals surface area contributed by atoms with E-state index in [1.165, 1.54) is 0 Å². The molecule has 0 radical (unpaired) electrons. The van der Waals surface area contributed by atoms with Crippen molar-refractivity contribution in [2.45, 2.75) is 32.6 Å². The molecule has 18 heavy (non-hydrogen) atoms. The Kier molecular flexibility index (Phi) is 5.00. The molecule has 2 aliphatic rings. The third-order valence-corrected chi connectivity index (χ3v) is 5.14. The van der Waals surface area contributed by atoms with Crippen molar-refractivity contribution >= 4 is 34.6 Å². The Labute approximate surface area is 123 Å². The van der Waals surface area contributed by atoms with Gasteiger partial charge in [-0.05, 0) is 32.6 Å². The van der Waals surface area contributed by atoms with Gasteiger partial charge in [-0.2, -0.15) is 0 Å². The molecular formula is C13H21IN2O2.